The van der Waals surface area contributed by atoms with Gasteiger partial charge in [-0.25, -0.2) is 0 Å². The van der Waals surface area contributed by atoms with Gasteiger partial charge in [0.1, 0.15) is 0 Å². The number of nitrogens with zero attached hydrogens (tertiary/aromatic N) is 2. The van der Waals surface area contributed by atoms with Crippen LogP contribution in [0.4, 0.5) is 0 Å². The Kier molecular flexibility index (Phi) is 5.00. The maximum absolute atomic E-state index is 12.6. The lowest BCUT2D eigenvalue weighted by Crippen LogP contribution is -2.56. The Hall–Kier alpha value is -0.430. The van der Waals surface area contributed by atoms with Crippen molar-refractivity contribution in [3.8, 4) is 0 Å². The van der Waals surface area contributed by atoms with Crippen LogP contribution in [0.25, 0.3) is 0 Å². The maximum atomic E-state index is 12.6. The number of amides is 1. The fourth-order valence-electron chi connectivity index (χ4n) is 2.32. The van der Waals surface area contributed by atoms with Crippen molar-refractivity contribution in [3.63, 3.8) is 0 Å². The molecule has 1 saturated heterocycles. The van der Waals surface area contributed by atoms with E-state index in [-0.39, 0.29) is 11.9 Å². The van der Waals surface area contributed by atoms with Gasteiger partial charge in [-0.15, -0.1) is 0 Å². The molecule has 1 atom stereocenters. The second-order valence-corrected chi connectivity index (χ2v) is 6.64. The van der Waals surface area contributed by atoms with Crippen LogP contribution < -0.4 is 5.73 Å². The zero-order valence-electron chi connectivity index (χ0n) is 10.8. The van der Waals surface area contributed by atoms with E-state index in [9.17, 15) is 4.79 Å². The Morgan fingerprint density at radius 2 is 1.95 bits per heavy atom. The Morgan fingerprint density at radius 1 is 1.32 bits per heavy atom. The van der Waals surface area contributed by atoms with Crippen LogP contribution in [0.1, 0.15) is 10.4 Å². The van der Waals surface area contributed by atoms with E-state index in [1.165, 1.54) is 0 Å². The number of nitrogens with two attached hydrogens (primary N) is 1. The van der Waals surface area contributed by atoms with E-state index >= 15 is 0 Å². The van der Waals surface area contributed by atoms with E-state index in [4.69, 9.17) is 5.73 Å². The standard InChI is InChI=1S/C13H17Br2N3O/c1-17-2-3-18(12(7-16)8-17)13(19)9-4-10(14)6-11(15)5-9/h4-6,12H,2-3,7-8,16H2,1H3. The summed E-state index contributed by atoms with van der Waals surface area (Å²) in [6, 6.07) is 5.70. The largest absolute Gasteiger partial charge is 0.332 e. The smallest absolute Gasteiger partial charge is 0.254 e. The predicted octanol–water partition coefficient (Wildman–Crippen LogP) is 1.93. The fourth-order valence-corrected chi connectivity index (χ4v) is 3.62. The molecular formula is C13H17Br2N3O. The van der Waals surface area contributed by atoms with Gasteiger partial charge in [0.15, 0.2) is 0 Å². The highest BCUT2D eigenvalue weighted by atomic mass is 79.9. The van der Waals surface area contributed by atoms with Gasteiger partial charge in [0.2, 0.25) is 0 Å². The van der Waals surface area contributed by atoms with Gasteiger partial charge in [-0.05, 0) is 25.2 Å². The summed E-state index contributed by atoms with van der Waals surface area (Å²) in [5.41, 5.74) is 6.48. The second kappa shape index (κ2) is 6.35. The third-order valence-corrected chi connectivity index (χ3v) is 4.24. The Labute approximate surface area is 130 Å². The minimum absolute atomic E-state index is 0.0468. The van der Waals surface area contributed by atoms with E-state index in [1.807, 2.05) is 23.1 Å². The molecule has 2 N–H and O–H groups in total. The molecule has 0 radical (unpaired) electrons. The lowest BCUT2D eigenvalue weighted by molar-refractivity contribution is 0.0516. The number of piperazine rings is 1. The lowest BCUT2D eigenvalue weighted by Gasteiger charge is -2.39. The minimum Gasteiger partial charge on any atom is -0.332 e. The first-order valence-corrected chi connectivity index (χ1v) is 7.75. The first-order chi connectivity index (χ1) is 9.01. The SMILES string of the molecule is CN1CCN(C(=O)c2cc(Br)cc(Br)c2)C(CN)C1. The van der Waals surface area contributed by atoms with Crippen LogP contribution in [0.3, 0.4) is 0 Å². The summed E-state index contributed by atoms with van der Waals surface area (Å²) in [6.45, 7) is 2.93. The van der Waals surface area contributed by atoms with Gasteiger partial charge in [-0.3, -0.25) is 4.79 Å². The molecular weight excluding hydrogens is 374 g/mol. The number of hydrogen-bond acceptors (Lipinski definition) is 3. The van der Waals surface area contributed by atoms with Crippen LogP contribution >= 0.6 is 31.9 Å². The van der Waals surface area contributed by atoms with Crippen LogP contribution in [-0.4, -0.2) is 55.0 Å². The molecule has 6 heteroatoms. The average molecular weight is 391 g/mol. The quantitative estimate of drug-likeness (QED) is 0.839. The van der Waals surface area contributed by atoms with Crippen molar-refractivity contribution in [2.45, 2.75) is 6.04 Å². The molecule has 0 aliphatic carbocycles. The molecule has 1 heterocycles. The number of rotatable bonds is 2. The second-order valence-electron chi connectivity index (χ2n) is 4.81. The summed E-state index contributed by atoms with van der Waals surface area (Å²) >= 11 is 6.83. The number of hydrogen-bond donors (Lipinski definition) is 1. The highest BCUT2D eigenvalue weighted by molar-refractivity contribution is 9.11. The number of carbonyl (C=O) groups is 1. The summed E-state index contributed by atoms with van der Waals surface area (Å²) < 4.78 is 1.78. The first kappa shape index (κ1) is 15.0. The third-order valence-electron chi connectivity index (χ3n) is 3.33. The van der Waals surface area contributed by atoms with Crippen LogP contribution in [0.15, 0.2) is 27.1 Å². The molecule has 1 aliphatic rings. The van der Waals surface area contributed by atoms with Crippen LogP contribution in [0.5, 0.6) is 0 Å². The topological polar surface area (TPSA) is 49.6 Å². The molecule has 0 bridgehead atoms. The molecule has 1 fully saturated rings. The van der Waals surface area contributed by atoms with Gasteiger partial charge >= 0.3 is 0 Å². The molecule has 2 rings (SSSR count). The van der Waals surface area contributed by atoms with Crippen molar-refractivity contribution < 1.29 is 4.79 Å². The fraction of sp³-hybridized carbons (Fsp3) is 0.462. The van der Waals surface area contributed by atoms with E-state index in [0.29, 0.717) is 12.1 Å². The third kappa shape index (κ3) is 3.56. The summed E-state index contributed by atoms with van der Waals surface area (Å²) in [5, 5.41) is 0. The van der Waals surface area contributed by atoms with Gasteiger partial charge in [0, 0.05) is 40.7 Å². The molecule has 1 unspecified atom stereocenters. The van der Waals surface area contributed by atoms with Gasteiger partial charge in [0.25, 0.3) is 5.91 Å². The number of halogens is 2. The Bertz CT molecular complexity index is 461. The van der Waals surface area contributed by atoms with Crippen molar-refractivity contribution in [2.24, 2.45) is 5.73 Å². The zero-order chi connectivity index (χ0) is 14.0. The average Bonchev–Trinajstić information content (AvgIpc) is 2.36. The van der Waals surface area contributed by atoms with Gasteiger partial charge < -0.3 is 15.5 Å². The van der Waals surface area contributed by atoms with E-state index in [1.54, 1.807) is 0 Å². The molecule has 1 aromatic carbocycles. The molecule has 0 spiro atoms. The minimum atomic E-state index is 0.0468. The Balaban J connectivity index is 2.22. The predicted molar refractivity (Wildman–Crippen MR) is 83.2 cm³/mol. The molecule has 104 valence electrons. The van der Waals surface area contributed by atoms with Crippen molar-refractivity contribution in [3.05, 3.63) is 32.7 Å². The molecule has 1 amide bonds. The molecule has 19 heavy (non-hydrogen) atoms. The zero-order valence-corrected chi connectivity index (χ0v) is 13.9. The summed E-state index contributed by atoms with van der Waals surface area (Å²) in [4.78, 5) is 16.7. The van der Waals surface area contributed by atoms with Crippen molar-refractivity contribution in [2.75, 3.05) is 33.2 Å². The van der Waals surface area contributed by atoms with Crippen molar-refractivity contribution >= 4 is 37.8 Å². The van der Waals surface area contributed by atoms with Crippen LogP contribution in [0.2, 0.25) is 0 Å². The highest BCUT2D eigenvalue weighted by Crippen LogP contribution is 2.22. The number of carbonyl (C=O) groups excluding carboxylic acids is 1. The monoisotopic (exact) mass is 389 g/mol. The summed E-state index contributed by atoms with van der Waals surface area (Å²) in [6.07, 6.45) is 0. The van der Waals surface area contributed by atoms with E-state index in [2.05, 4.69) is 43.8 Å². The summed E-state index contributed by atoms with van der Waals surface area (Å²) in [7, 11) is 2.06. The number of likely N-dealkylation sites (N-methyl/N-ethyl adjacent to an activating group) is 1. The Morgan fingerprint density at radius 3 is 2.53 bits per heavy atom. The van der Waals surface area contributed by atoms with Crippen LogP contribution in [0, 0.1) is 0 Å². The van der Waals surface area contributed by atoms with Gasteiger partial charge in [-0.1, -0.05) is 31.9 Å². The lowest BCUT2D eigenvalue weighted by atomic mass is 10.1. The van der Waals surface area contributed by atoms with Crippen molar-refractivity contribution in [1.29, 1.82) is 0 Å². The van der Waals surface area contributed by atoms with E-state index in [0.717, 1.165) is 28.6 Å². The molecule has 0 saturated carbocycles. The molecule has 1 aliphatic heterocycles. The molecule has 1 aromatic rings. The molecule has 4 nitrogen and oxygen atoms in total. The first-order valence-electron chi connectivity index (χ1n) is 6.17. The van der Waals surface area contributed by atoms with Crippen LogP contribution in [-0.2, 0) is 0 Å². The number of benzene rings is 1. The van der Waals surface area contributed by atoms with Crippen molar-refractivity contribution in [1.82, 2.24) is 9.80 Å². The highest BCUT2D eigenvalue weighted by Gasteiger charge is 2.28. The van der Waals surface area contributed by atoms with E-state index < -0.39 is 0 Å². The normalized spacial score (nSPS) is 20.6. The van der Waals surface area contributed by atoms with Gasteiger partial charge in [-0.2, -0.15) is 0 Å². The summed E-state index contributed by atoms with van der Waals surface area (Å²) in [5.74, 6) is 0.0468. The van der Waals surface area contributed by atoms with Gasteiger partial charge in [0.05, 0.1) is 6.04 Å². The maximum Gasteiger partial charge on any atom is 0.254 e. The molecule has 0 aromatic heterocycles.